The maximum absolute atomic E-state index is 4.39. The molecule has 0 radical (unpaired) electrons. The van der Waals surface area contributed by atoms with Crippen molar-refractivity contribution in [2.75, 3.05) is 24.7 Å². The van der Waals surface area contributed by atoms with Gasteiger partial charge in [-0.15, -0.1) is 0 Å². The van der Waals surface area contributed by atoms with Crippen LogP contribution < -0.4 is 10.6 Å². The summed E-state index contributed by atoms with van der Waals surface area (Å²) in [5.41, 5.74) is 3.30. The number of hydrogen-bond acceptors (Lipinski definition) is 2. The lowest BCUT2D eigenvalue weighted by atomic mass is 9.86. The second-order valence-corrected chi connectivity index (χ2v) is 6.56. The first-order valence-corrected chi connectivity index (χ1v) is 8.08. The highest BCUT2D eigenvalue weighted by atomic mass is 15.1. The normalized spacial score (nSPS) is 12.9. The summed E-state index contributed by atoms with van der Waals surface area (Å²) >= 11 is 0. The number of benzene rings is 2. The summed E-state index contributed by atoms with van der Waals surface area (Å²) in [6.45, 7) is 6.61. The minimum atomic E-state index is 0.0405. The topological polar surface area (TPSA) is 48.8 Å². The number of nitrogens with zero attached hydrogens (tertiary/aromatic N) is 2. The molecule has 4 heteroatoms. The Balaban J connectivity index is 2.27. The first-order chi connectivity index (χ1) is 11.5. The van der Waals surface area contributed by atoms with Crippen molar-refractivity contribution in [1.29, 1.82) is 0 Å². The van der Waals surface area contributed by atoms with Gasteiger partial charge in [-0.2, -0.15) is 0 Å². The minimum Gasteiger partial charge on any atom is -0.337 e. The van der Waals surface area contributed by atoms with E-state index in [2.05, 4.69) is 59.6 Å². The lowest BCUT2D eigenvalue weighted by Gasteiger charge is -2.24. The molecule has 0 aromatic heterocycles. The number of para-hydroxylation sites is 2. The van der Waals surface area contributed by atoms with E-state index in [4.69, 9.17) is 0 Å². The maximum atomic E-state index is 4.39. The van der Waals surface area contributed by atoms with E-state index in [-0.39, 0.29) is 5.41 Å². The quantitative estimate of drug-likeness (QED) is 0.629. The molecule has 0 aliphatic carbocycles. The Morgan fingerprint density at radius 3 is 1.88 bits per heavy atom. The molecule has 0 spiro atoms. The van der Waals surface area contributed by atoms with E-state index in [1.165, 1.54) is 5.56 Å². The summed E-state index contributed by atoms with van der Waals surface area (Å²) in [5.74, 6) is 1.41. The first kappa shape index (κ1) is 17.7. The molecule has 2 rings (SSSR count). The summed E-state index contributed by atoms with van der Waals surface area (Å²) in [7, 11) is 3.52. The zero-order valence-electron chi connectivity index (χ0n) is 15.1. The molecule has 126 valence electrons. The van der Waals surface area contributed by atoms with Crippen LogP contribution in [0.3, 0.4) is 0 Å². The third kappa shape index (κ3) is 4.44. The van der Waals surface area contributed by atoms with Crippen LogP contribution in [-0.2, 0) is 5.41 Å². The molecule has 0 unspecified atom stereocenters. The van der Waals surface area contributed by atoms with E-state index >= 15 is 0 Å². The van der Waals surface area contributed by atoms with Crippen LogP contribution in [0, 0.1) is 0 Å². The smallest absolute Gasteiger partial charge is 0.168 e. The molecule has 0 saturated heterocycles. The predicted molar refractivity (Wildman–Crippen MR) is 106 cm³/mol. The molecular formula is C20H26N4. The summed E-state index contributed by atoms with van der Waals surface area (Å²) < 4.78 is 0. The van der Waals surface area contributed by atoms with Gasteiger partial charge in [0.25, 0.3) is 0 Å². The van der Waals surface area contributed by atoms with E-state index in [0.29, 0.717) is 11.7 Å². The molecule has 0 aliphatic heterocycles. The molecule has 2 N–H and O–H groups in total. The van der Waals surface area contributed by atoms with E-state index in [9.17, 15) is 0 Å². The highest BCUT2D eigenvalue weighted by molar-refractivity contribution is 6.48. The van der Waals surface area contributed by atoms with Gasteiger partial charge < -0.3 is 10.6 Å². The summed E-state index contributed by atoms with van der Waals surface area (Å²) in [6.07, 6.45) is 0. The van der Waals surface area contributed by atoms with Crippen molar-refractivity contribution in [3.8, 4) is 0 Å². The number of nitrogens with one attached hydrogen (secondary N) is 2. The standard InChI is InChI=1S/C20H26N4/c1-20(2,3)16-13-9-10-14-17(16)24-19(22-5)18(21-4)23-15-11-7-6-8-12-15/h6-14H,1-5H3,(H,21,23)(H,22,24). The van der Waals surface area contributed by atoms with Crippen molar-refractivity contribution in [3.63, 3.8) is 0 Å². The second-order valence-electron chi connectivity index (χ2n) is 6.56. The van der Waals surface area contributed by atoms with Gasteiger partial charge in [0.15, 0.2) is 11.7 Å². The lowest BCUT2D eigenvalue weighted by molar-refractivity contribution is 0.592. The van der Waals surface area contributed by atoms with Gasteiger partial charge in [-0.3, -0.25) is 9.98 Å². The highest BCUT2D eigenvalue weighted by Crippen LogP contribution is 2.29. The van der Waals surface area contributed by atoms with E-state index < -0.39 is 0 Å². The van der Waals surface area contributed by atoms with Gasteiger partial charge in [0.1, 0.15) is 0 Å². The van der Waals surface area contributed by atoms with Gasteiger partial charge in [0.05, 0.1) is 0 Å². The average Bonchev–Trinajstić information content (AvgIpc) is 2.58. The molecule has 2 aromatic rings. The van der Waals surface area contributed by atoms with E-state index in [0.717, 1.165) is 11.4 Å². The van der Waals surface area contributed by atoms with Gasteiger partial charge in [-0.25, -0.2) is 0 Å². The average molecular weight is 322 g/mol. The first-order valence-electron chi connectivity index (χ1n) is 8.08. The Labute approximate surface area is 144 Å². The van der Waals surface area contributed by atoms with Gasteiger partial charge in [-0.1, -0.05) is 57.2 Å². The maximum Gasteiger partial charge on any atom is 0.168 e. The molecule has 0 amide bonds. The molecule has 0 saturated carbocycles. The summed E-state index contributed by atoms with van der Waals surface area (Å²) in [6, 6.07) is 18.3. The zero-order valence-corrected chi connectivity index (χ0v) is 15.1. The zero-order chi connectivity index (χ0) is 17.6. The van der Waals surface area contributed by atoms with Crippen molar-refractivity contribution < 1.29 is 0 Å². The Morgan fingerprint density at radius 2 is 1.29 bits per heavy atom. The third-order valence-electron chi connectivity index (χ3n) is 3.70. The molecule has 0 heterocycles. The van der Waals surface area contributed by atoms with Crippen molar-refractivity contribution >= 4 is 23.0 Å². The van der Waals surface area contributed by atoms with Crippen LogP contribution in [0.2, 0.25) is 0 Å². The fourth-order valence-corrected chi connectivity index (χ4v) is 2.47. The molecule has 0 bridgehead atoms. The Morgan fingerprint density at radius 1 is 0.750 bits per heavy atom. The number of rotatable bonds is 2. The number of anilines is 2. The van der Waals surface area contributed by atoms with Crippen LogP contribution in [-0.4, -0.2) is 25.8 Å². The molecule has 4 nitrogen and oxygen atoms in total. The molecule has 0 aliphatic rings. The minimum absolute atomic E-state index is 0.0405. The summed E-state index contributed by atoms with van der Waals surface area (Å²) in [5, 5.41) is 6.75. The largest absolute Gasteiger partial charge is 0.337 e. The third-order valence-corrected chi connectivity index (χ3v) is 3.70. The van der Waals surface area contributed by atoms with Crippen LogP contribution in [0.5, 0.6) is 0 Å². The van der Waals surface area contributed by atoms with Crippen molar-refractivity contribution in [2.24, 2.45) is 9.98 Å². The van der Waals surface area contributed by atoms with Gasteiger partial charge in [-0.05, 0) is 29.2 Å². The SMILES string of the molecule is C/N=C(Nc1ccccc1)\C(=N/C)Nc1ccccc1C(C)(C)C. The fraction of sp³-hybridized carbons (Fsp3) is 0.300. The number of aliphatic imine (C=N–C) groups is 2. The molecule has 24 heavy (non-hydrogen) atoms. The predicted octanol–water partition coefficient (Wildman–Crippen LogP) is 4.56. The Bertz CT molecular complexity index is 725. The van der Waals surface area contributed by atoms with Gasteiger partial charge in [0, 0.05) is 25.5 Å². The molecule has 2 aromatic carbocycles. The number of hydrogen-bond donors (Lipinski definition) is 2. The summed E-state index contributed by atoms with van der Waals surface area (Å²) in [4.78, 5) is 8.74. The van der Waals surface area contributed by atoms with Crippen molar-refractivity contribution in [2.45, 2.75) is 26.2 Å². The lowest BCUT2D eigenvalue weighted by Crippen LogP contribution is -2.31. The Kier molecular flexibility index (Phi) is 5.74. The van der Waals surface area contributed by atoms with Crippen LogP contribution >= 0.6 is 0 Å². The van der Waals surface area contributed by atoms with Crippen molar-refractivity contribution in [1.82, 2.24) is 0 Å². The number of amidine groups is 2. The van der Waals surface area contributed by atoms with Crippen LogP contribution in [0.1, 0.15) is 26.3 Å². The highest BCUT2D eigenvalue weighted by Gasteiger charge is 2.19. The van der Waals surface area contributed by atoms with Crippen LogP contribution in [0.15, 0.2) is 64.6 Å². The van der Waals surface area contributed by atoms with Gasteiger partial charge >= 0.3 is 0 Å². The van der Waals surface area contributed by atoms with Gasteiger partial charge in [0.2, 0.25) is 0 Å². The van der Waals surface area contributed by atoms with Crippen molar-refractivity contribution in [3.05, 3.63) is 60.2 Å². The molecule has 0 fully saturated rings. The van der Waals surface area contributed by atoms with Crippen LogP contribution in [0.4, 0.5) is 11.4 Å². The van der Waals surface area contributed by atoms with E-state index in [1.807, 2.05) is 36.4 Å². The Hall–Kier alpha value is -2.62. The van der Waals surface area contributed by atoms with Crippen LogP contribution in [0.25, 0.3) is 0 Å². The second kappa shape index (κ2) is 7.77. The monoisotopic (exact) mass is 322 g/mol. The molecule has 0 atom stereocenters. The molecular weight excluding hydrogens is 296 g/mol. The van der Waals surface area contributed by atoms with E-state index in [1.54, 1.807) is 14.1 Å². The fourth-order valence-electron chi connectivity index (χ4n) is 2.47.